The summed E-state index contributed by atoms with van der Waals surface area (Å²) in [6.07, 6.45) is 1.62. The number of hydrogen-bond acceptors (Lipinski definition) is 4. The van der Waals surface area contributed by atoms with Gasteiger partial charge in [0.2, 0.25) is 0 Å². The largest absolute Gasteiger partial charge is 0.361 e. The van der Waals surface area contributed by atoms with Crippen LogP contribution in [0.2, 0.25) is 0 Å². The van der Waals surface area contributed by atoms with Crippen molar-refractivity contribution in [3.63, 3.8) is 0 Å². The molecule has 6 heteroatoms. The molecule has 1 amide bonds. The van der Waals surface area contributed by atoms with E-state index >= 15 is 0 Å². The molecule has 0 spiro atoms. The maximum absolute atomic E-state index is 12.7. The molecular formula is C18H20N4O2. The zero-order chi connectivity index (χ0) is 17.3. The molecule has 0 aliphatic rings. The third-order valence-electron chi connectivity index (χ3n) is 4.01. The lowest BCUT2D eigenvalue weighted by molar-refractivity contribution is 0.0781. The molecule has 0 saturated carbocycles. The summed E-state index contributed by atoms with van der Waals surface area (Å²) in [6.45, 7) is 6.15. The first-order valence-electron chi connectivity index (χ1n) is 7.75. The van der Waals surface area contributed by atoms with Gasteiger partial charge in [-0.25, -0.2) is 4.68 Å². The highest BCUT2D eigenvalue weighted by Gasteiger charge is 2.20. The van der Waals surface area contributed by atoms with Gasteiger partial charge in [0.05, 0.1) is 29.7 Å². The molecule has 1 aromatic carbocycles. The summed E-state index contributed by atoms with van der Waals surface area (Å²) in [6, 6.07) is 9.79. The molecule has 0 atom stereocenters. The predicted molar refractivity (Wildman–Crippen MR) is 90.1 cm³/mol. The fourth-order valence-corrected chi connectivity index (χ4v) is 2.68. The Morgan fingerprint density at radius 3 is 2.67 bits per heavy atom. The van der Waals surface area contributed by atoms with Crippen molar-refractivity contribution in [2.24, 2.45) is 0 Å². The lowest BCUT2D eigenvalue weighted by atomic mass is 10.2. The van der Waals surface area contributed by atoms with Gasteiger partial charge in [0.15, 0.2) is 0 Å². The van der Waals surface area contributed by atoms with Gasteiger partial charge in [0.1, 0.15) is 11.5 Å². The number of aromatic nitrogens is 3. The Morgan fingerprint density at radius 1 is 1.25 bits per heavy atom. The quantitative estimate of drug-likeness (QED) is 0.740. The minimum atomic E-state index is -0.0898. The van der Waals surface area contributed by atoms with E-state index in [1.54, 1.807) is 22.8 Å². The van der Waals surface area contributed by atoms with E-state index in [2.05, 4.69) is 10.3 Å². The standard InChI is InChI=1S/C18H20N4O2/c1-12-7-5-6-8-17(12)22-14(3)16(10-19-22)18(23)21(4)11-15-9-13(2)24-20-15/h5-10H,11H2,1-4H3. The minimum absolute atomic E-state index is 0.0898. The number of amides is 1. The lowest BCUT2D eigenvalue weighted by Gasteiger charge is -2.15. The lowest BCUT2D eigenvalue weighted by Crippen LogP contribution is -2.26. The molecule has 0 aliphatic heterocycles. The summed E-state index contributed by atoms with van der Waals surface area (Å²) < 4.78 is 6.85. The highest BCUT2D eigenvalue weighted by molar-refractivity contribution is 5.95. The third kappa shape index (κ3) is 2.95. The zero-order valence-electron chi connectivity index (χ0n) is 14.3. The Kier molecular flexibility index (Phi) is 4.20. The molecular weight excluding hydrogens is 304 g/mol. The molecule has 24 heavy (non-hydrogen) atoms. The number of hydrogen-bond donors (Lipinski definition) is 0. The smallest absolute Gasteiger partial charge is 0.257 e. The Labute approximate surface area is 140 Å². The van der Waals surface area contributed by atoms with Crippen LogP contribution in [0.4, 0.5) is 0 Å². The van der Waals surface area contributed by atoms with Gasteiger partial charge in [0.25, 0.3) is 5.91 Å². The first-order chi connectivity index (χ1) is 11.5. The van der Waals surface area contributed by atoms with E-state index in [-0.39, 0.29) is 5.91 Å². The highest BCUT2D eigenvalue weighted by atomic mass is 16.5. The van der Waals surface area contributed by atoms with Crippen LogP contribution in [-0.4, -0.2) is 32.8 Å². The van der Waals surface area contributed by atoms with E-state index < -0.39 is 0 Å². The van der Waals surface area contributed by atoms with Gasteiger partial charge in [-0.2, -0.15) is 5.10 Å². The molecule has 0 unspecified atom stereocenters. The van der Waals surface area contributed by atoms with Crippen molar-refractivity contribution in [2.75, 3.05) is 7.05 Å². The van der Waals surface area contributed by atoms with E-state index in [9.17, 15) is 4.79 Å². The molecule has 3 rings (SSSR count). The molecule has 0 saturated heterocycles. The molecule has 0 bridgehead atoms. The normalized spacial score (nSPS) is 10.8. The Balaban J connectivity index is 1.85. The number of para-hydroxylation sites is 1. The van der Waals surface area contributed by atoms with E-state index in [0.29, 0.717) is 12.1 Å². The number of benzene rings is 1. The fraction of sp³-hybridized carbons (Fsp3) is 0.278. The van der Waals surface area contributed by atoms with Crippen molar-refractivity contribution < 1.29 is 9.32 Å². The number of nitrogens with zero attached hydrogens (tertiary/aromatic N) is 4. The second-order valence-electron chi connectivity index (χ2n) is 5.93. The molecule has 0 fully saturated rings. The molecule has 2 aromatic heterocycles. The van der Waals surface area contributed by atoms with Crippen LogP contribution in [0.3, 0.4) is 0 Å². The Morgan fingerprint density at radius 2 is 2.00 bits per heavy atom. The number of carbonyl (C=O) groups is 1. The number of aryl methyl sites for hydroxylation is 2. The van der Waals surface area contributed by atoms with Gasteiger partial charge < -0.3 is 9.42 Å². The fourth-order valence-electron chi connectivity index (χ4n) is 2.68. The van der Waals surface area contributed by atoms with Gasteiger partial charge in [-0.05, 0) is 32.4 Å². The first kappa shape index (κ1) is 16.0. The van der Waals surface area contributed by atoms with Crippen LogP contribution < -0.4 is 0 Å². The van der Waals surface area contributed by atoms with Crippen LogP contribution in [-0.2, 0) is 6.54 Å². The minimum Gasteiger partial charge on any atom is -0.361 e. The van der Waals surface area contributed by atoms with Crippen LogP contribution in [0.25, 0.3) is 5.69 Å². The molecule has 124 valence electrons. The SMILES string of the molecule is Cc1cc(CN(C)C(=O)c2cnn(-c3ccccc3C)c2C)no1. The molecule has 0 aliphatic carbocycles. The maximum atomic E-state index is 12.7. The molecule has 0 N–H and O–H groups in total. The van der Waals surface area contributed by atoms with Gasteiger partial charge in [-0.1, -0.05) is 23.4 Å². The predicted octanol–water partition coefficient (Wildman–Crippen LogP) is 3.06. The molecule has 3 aromatic rings. The van der Waals surface area contributed by atoms with Crippen molar-refractivity contribution in [2.45, 2.75) is 27.3 Å². The van der Waals surface area contributed by atoms with Crippen molar-refractivity contribution in [3.8, 4) is 5.69 Å². The first-order valence-corrected chi connectivity index (χ1v) is 7.75. The Hall–Kier alpha value is -2.89. The monoisotopic (exact) mass is 324 g/mol. The second kappa shape index (κ2) is 6.31. The number of carbonyl (C=O) groups excluding carboxylic acids is 1. The second-order valence-corrected chi connectivity index (χ2v) is 5.93. The van der Waals surface area contributed by atoms with Crippen molar-refractivity contribution in [1.82, 2.24) is 19.8 Å². The summed E-state index contributed by atoms with van der Waals surface area (Å²) in [7, 11) is 1.75. The summed E-state index contributed by atoms with van der Waals surface area (Å²) >= 11 is 0. The van der Waals surface area contributed by atoms with E-state index in [4.69, 9.17) is 4.52 Å². The molecule has 0 radical (unpaired) electrons. The van der Waals surface area contributed by atoms with Crippen molar-refractivity contribution in [3.05, 3.63) is 64.8 Å². The molecule has 6 nitrogen and oxygen atoms in total. The van der Waals surface area contributed by atoms with Gasteiger partial charge >= 0.3 is 0 Å². The highest BCUT2D eigenvalue weighted by Crippen LogP contribution is 2.19. The molecule has 2 heterocycles. The van der Waals surface area contributed by atoms with Crippen LogP contribution >= 0.6 is 0 Å². The summed E-state index contributed by atoms with van der Waals surface area (Å²) in [5.74, 6) is 0.641. The van der Waals surface area contributed by atoms with Crippen LogP contribution in [0.1, 0.15) is 33.1 Å². The Bertz CT molecular complexity index is 879. The summed E-state index contributed by atoms with van der Waals surface area (Å²) in [5, 5.41) is 8.33. The van der Waals surface area contributed by atoms with Crippen LogP contribution in [0, 0.1) is 20.8 Å². The zero-order valence-corrected chi connectivity index (χ0v) is 14.3. The van der Waals surface area contributed by atoms with Gasteiger partial charge in [-0.15, -0.1) is 0 Å². The van der Waals surface area contributed by atoms with Crippen LogP contribution in [0.5, 0.6) is 0 Å². The van der Waals surface area contributed by atoms with E-state index in [1.165, 1.54) is 0 Å². The van der Waals surface area contributed by atoms with Crippen molar-refractivity contribution >= 4 is 5.91 Å². The van der Waals surface area contributed by atoms with Gasteiger partial charge in [-0.3, -0.25) is 4.79 Å². The summed E-state index contributed by atoms with van der Waals surface area (Å²) in [4.78, 5) is 14.3. The average molecular weight is 324 g/mol. The summed E-state index contributed by atoms with van der Waals surface area (Å²) in [5.41, 5.74) is 4.21. The topological polar surface area (TPSA) is 64.2 Å². The van der Waals surface area contributed by atoms with Gasteiger partial charge in [0, 0.05) is 13.1 Å². The number of rotatable bonds is 4. The van der Waals surface area contributed by atoms with E-state index in [0.717, 1.165) is 28.4 Å². The maximum Gasteiger partial charge on any atom is 0.257 e. The third-order valence-corrected chi connectivity index (χ3v) is 4.01. The van der Waals surface area contributed by atoms with E-state index in [1.807, 2.05) is 51.1 Å². The average Bonchev–Trinajstić information content (AvgIpc) is 3.13. The van der Waals surface area contributed by atoms with Crippen LogP contribution in [0.15, 0.2) is 41.1 Å². The van der Waals surface area contributed by atoms with Crippen molar-refractivity contribution in [1.29, 1.82) is 0 Å².